The van der Waals surface area contributed by atoms with Crippen LogP contribution in [-0.2, 0) is 25.8 Å². The third-order valence-corrected chi connectivity index (χ3v) is 7.35. The van der Waals surface area contributed by atoms with Crippen molar-refractivity contribution in [3.05, 3.63) is 47.9 Å². The molecule has 4 rings (SSSR count). The molecule has 40 heavy (non-hydrogen) atoms. The maximum Gasteiger partial charge on any atom is 0.352 e. The molecule has 16 nitrogen and oxygen atoms in total. The minimum atomic E-state index is -1.27. The molecular formula is C23H28N9O7S+. The third kappa shape index (κ3) is 5.95. The van der Waals surface area contributed by atoms with Crippen molar-refractivity contribution in [2.75, 3.05) is 49.8 Å². The number of oxime groups is 1. The lowest BCUT2D eigenvalue weighted by Gasteiger charge is -2.49. The second-order valence-electron chi connectivity index (χ2n) is 8.57. The summed E-state index contributed by atoms with van der Waals surface area (Å²) < 4.78 is 1.71. The lowest BCUT2D eigenvalue weighted by Crippen LogP contribution is -2.71. The van der Waals surface area contributed by atoms with E-state index < -0.39 is 29.2 Å². The van der Waals surface area contributed by atoms with Gasteiger partial charge in [-0.25, -0.2) is 19.7 Å². The molecule has 2 aromatic rings. The van der Waals surface area contributed by atoms with E-state index in [0.29, 0.717) is 11.4 Å². The number of carbonyl (C=O) groups is 3. The van der Waals surface area contributed by atoms with Crippen molar-refractivity contribution in [2.45, 2.75) is 18.0 Å². The van der Waals surface area contributed by atoms with Crippen molar-refractivity contribution < 1.29 is 39.1 Å². The molecule has 6 N–H and O–H groups in total. The molecule has 0 aromatic carbocycles. The van der Waals surface area contributed by atoms with Crippen LogP contribution in [0.1, 0.15) is 5.82 Å². The average molecular weight is 575 g/mol. The van der Waals surface area contributed by atoms with Gasteiger partial charge in [0.15, 0.2) is 24.4 Å². The van der Waals surface area contributed by atoms with Gasteiger partial charge in [-0.1, -0.05) is 5.16 Å². The van der Waals surface area contributed by atoms with Gasteiger partial charge in [-0.05, 0) is 6.07 Å². The molecule has 2 aliphatic heterocycles. The number of nitrogens with two attached hydrogens (primary N) is 1. The number of carbonyl (C=O) groups excluding carboxylic acids is 2. The van der Waals surface area contributed by atoms with E-state index in [0.717, 1.165) is 4.90 Å². The fourth-order valence-electron chi connectivity index (χ4n) is 4.26. The molecule has 2 amide bonds. The van der Waals surface area contributed by atoms with Crippen molar-refractivity contribution in [3.63, 3.8) is 0 Å². The summed E-state index contributed by atoms with van der Waals surface area (Å²) in [5.74, 6) is -1.88. The zero-order valence-electron chi connectivity index (χ0n) is 21.4. The van der Waals surface area contributed by atoms with Crippen LogP contribution in [0.25, 0.3) is 0 Å². The van der Waals surface area contributed by atoms with E-state index in [4.69, 9.17) is 10.6 Å². The number of hydrogen-bond donors (Lipinski definition) is 5. The van der Waals surface area contributed by atoms with Gasteiger partial charge in [0.1, 0.15) is 30.0 Å². The fraction of sp³-hybridized carbons (Fsp3) is 0.391. The number of aromatic nitrogens is 4. The molecule has 212 valence electrons. The maximum atomic E-state index is 13.1. The maximum absolute atomic E-state index is 13.1. The second-order valence-corrected chi connectivity index (χ2v) is 9.67. The minimum Gasteiger partial charge on any atom is -0.477 e. The lowest BCUT2D eigenvalue weighted by molar-refractivity contribution is -0.688. The van der Waals surface area contributed by atoms with E-state index in [9.17, 15) is 29.7 Å². The van der Waals surface area contributed by atoms with Gasteiger partial charge >= 0.3 is 5.97 Å². The number of thioether (sulfide) groups is 1. The Hall–Kier alpha value is -4.35. The summed E-state index contributed by atoms with van der Waals surface area (Å²) in [5.41, 5.74) is 5.71. The van der Waals surface area contributed by atoms with Gasteiger partial charge in [0.2, 0.25) is 11.9 Å². The fourth-order valence-corrected chi connectivity index (χ4v) is 5.60. The molecule has 2 aromatic heterocycles. The topological polar surface area (TPSA) is 221 Å². The van der Waals surface area contributed by atoms with Crippen LogP contribution in [0.15, 0.2) is 47.3 Å². The first-order valence-corrected chi connectivity index (χ1v) is 13.1. The minimum absolute atomic E-state index is 0.0991. The Morgan fingerprint density at radius 2 is 2.05 bits per heavy atom. The first-order chi connectivity index (χ1) is 19.3. The number of fused-ring (bicyclic) bond motifs is 1. The molecule has 0 radical (unpaired) electrons. The number of carboxylic acid groups (broad SMARTS) is 1. The predicted octanol–water partition coefficient (Wildman–Crippen LogP) is -2.68. The predicted molar refractivity (Wildman–Crippen MR) is 140 cm³/mol. The van der Waals surface area contributed by atoms with E-state index in [-0.39, 0.29) is 61.7 Å². The Kier molecular flexibility index (Phi) is 9.08. The monoisotopic (exact) mass is 574 g/mol. The number of aliphatic hydroxyl groups is 2. The molecule has 0 bridgehead atoms. The number of nitrogens with zero attached hydrogens (tertiary/aromatic N) is 7. The van der Waals surface area contributed by atoms with Crippen molar-refractivity contribution >= 4 is 46.9 Å². The van der Waals surface area contributed by atoms with E-state index in [1.165, 1.54) is 37.3 Å². The number of carboxylic acids is 1. The molecular weight excluding hydrogens is 546 g/mol. The van der Waals surface area contributed by atoms with E-state index in [2.05, 4.69) is 25.4 Å². The van der Waals surface area contributed by atoms with Crippen LogP contribution >= 0.6 is 11.8 Å². The lowest BCUT2D eigenvalue weighted by atomic mass is 10.0. The van der Waals surface area contributed by atoms with Crippen LogP contribution in [0.2, 0.25) is 0 Å². The van der Waals surface area contributed by atoms with Crippen LogP contribution in [-0.4, -0.2) is 109 Å². The highest BCUT2D eigenvalue weighted by Crippen LogP contribution is 2.40. The van der Waals surface area contributed by atoms with Gasteiger partial charge in [-0.15, -0.1) is 11.8 Å². The molecule has 2 atom stereocenters. The number of aliphatic hydroxyl groups excluding tert-OH is 2. The summed E-state index contributed by atoms with van der Waals surface area (Å²) >= 11 is 1.31. The molecule has 1 saturated heterocycles. The number of nitrogen functional groups attached to an aromatic ring is 1. The number of β-lactam (4-membered cyclic amide) rings is 1. The number of nitrogens with one attached hydrogen (secondary N) is 1. The van der Waals surface area contributed by atoms with Crippen LogP contribution in [0, 0.1) is 0 Å². The van der Waals surface area contributed by atoms with Gasteiger partial charge in [0.05, 0.1) is 19.4 Å². The zero-order valence-corrected chi connectivity index (χ0v) is 22.2. The third-order valence-electron chi connectivity index (χ3n) is 6.01. The summed E-state index contributed by atoms with van der Waals surface area (Å²) in [4.78, 5) is 58.2. The van der Waals surface area contributed by atoms with Crippen molar-refractivity contribution in [1.82, 2.24) is 25.2 Å². The molecule has 1 unspecified atom stereocenters. The summed E-state index contributed by atoms with van der Waals surface area (Å²) in [6, 6.07) is 0.419. The summed E-state index contributed by atoms with van der Waals surface area (Å²) in [5, 5.41) is 34.2. The Morgan fingerprint density at radius 3 is 2.70 bits per heavy atom. The number of anilines is 2. The molecule has 2 aliphatic rings. The Balaban J connectivity index is 1.53. The summed E-state index contributed by atoms with van der Waals surface area (Å²) in [6.07, 6.45) is 6.19. The van der Waals surface area contributed by atoms with Crippen LogP contribution in [0.5, 0.6) is 0 Å². The average Bonchev–Trinajstić information content (AvgIpc) is 2.94. The van der Waals surface area contributed by atoms with E-state index >= 15 is 0 Å². The van der Waals surface area contributed by atoms with Gasteiger partial charge < -0.3 is 36.1 Å². The Morgan fingerprint density at radius 1 is 1.30 bits per heavy atom. The molecule has 0 saturated carbocycles. The van der Waals surface area contributed by atoms with Gasteiger partial charge in [-0.3, -0.25) is 14.5 Å². The molecule has 0 spiro atoms. The summed E-state index contributed by atoms with van der Waals surface area (Å²) in [7, 11) is 1.23. The van der Waals surface area contributed by atoms with Gasteiger partial charge in [0.25, 0.3) is 11.8 Å². The number of rotatable bonds is 12. The normalized spacial score (nSPS) is 18.6. The quantitative estimate of drug-likeness (QED) is 0.0756. The molecule has 0 aliphatic carbocycles. The first-order valence-electron chi connectivity index (χ1n) is 12.0. The highest BCUT2D eigenvalue weighted by atomic mass is 32.2. The molecule has 17 heteroatoms. The van der Waals surface area contributed by atoms with Crippen molar-refractivity contribution in [2.24, 2.45) is 5.16 Å². The largest absolute Gasteiger partial charge is 0.477 e. The standard InChI is InChI=1S/C23H27N9O7S/c1-39-29-16(19-26-3-2-14(24)27-19)20(35)28-17-21(36)32-18(23(37)38)13(12-40-22(17)32)10-30-5-4-25-15(11-30)31(6-8-33)7-9-34/h2-5,11,17,22,33-34H,6-10,12H2,1H3,(H3-,24,26,27,28,35,37,38)/p+1/b29-16-/t17?,22-/m1/s1. The Bertz CT molecular complexity index is 1350. The second kappa shape index (κ2) is 12.7. The van der Waals surface area contributed by atoms with Gasteiger partial charge in [-0.2, -0.15) is 4.57 Å². The highest BCUT2D eigenvalue weighted by molar-refractivity contribution is 8.00. The SMILES string of the molecule is CO/N=C(\C(=O)NC1C(=O)N2C(C(=O)O)=C(C[n+]3ccnc(N(CCO)CCO)c3)CS[C@H]12)c1nccc(N)n1. The van der Waals surface area contributed by atoms with Crippen LogP contribution < -0.4 is 20.5 Å². The first kappa shape index (κ1) is 28.7. The van der Waals surface area contributed by atoms with Crippen LogP contribution in [0.4, 0.5) is 11.6 Å². The highest BCUT2D eigenvalue weighted by Gasteiger charge is 2.54. The van der Waals surface area contributed by atoms with Crippen molar-refractivity contribution in [1.29, 1.82) is 0 Å². The van der Waals surface area contributed by atoms with Crippen LogP contribution in [0.3, 0.4) is 0 Å². The number of hydrogen-bond acceptors (Lipinski definition) is 13. The van der Waals surface area contributed by atoms with E-state index in [1.807, 2.05) is 0 Å². The summed E-state index contributed by atoms with van der Waals surface area (Å²) in [6.45, 7) is 0.398. The molecule has 4 heterocycles. The van der Waals surface area contributed by atoms with Gasteiger partial charge in [0, 0.05) is 30.6 Å². The number of aliphatic carboxylic acids is 1. The Labute approximate surface area is 232 Å². The number of amides is 2. The zero-order chi connectivity index (χ0) is 28.8. The van der Waals surface area contributed by atoms with E-state index in [1.54, 1.807) is 21.9 Å². The molecule has 1 fully saturated rings. The van der Waals surface area contributed by atoms with Crippen molar-refractivity contribution in [3.8, 4) is 0 Å². The smallest absolute Gasteiger partial charge is 0.352 e.